The molecule has 1 aromatic heterocycles. The Morgan fingerprint density at radius 2 is 2.15 bits per heavy atom. The average Bonchev–Trinajstić information content (AvgIpc) is 2.72. The third-order valence-electron chi connectivity index (χ3n) is 2.21. The molecule has 0 unspecified atom stereocenters. The number of rotatable bonds is 1. The molecule has 1 aliphatic heterocycles. The predicted molar refractivity (Wildman–Crippen MR) is 51.5 cm³/mol. The SMILES string of the molecule is O=C(c1coc(Br)c1)N1CCCC1. The maximum absolute atomic E-state index is 11.7. The molecule has 0 aromatic carbocycles. The van der Waals surface area contributed by atoms with Crippen LogP contribution in [0.25, 0.3) is 0 Å². The first-order chi connectivity index (χ1) is 6.27. The lowest BCUT2D eigenvalue weighted by Gasteiger charge is -2.12. The third-order valence-corrected chi connectivity index (χ3v) is 2.62. The summed E-state index contributed by atoms with van der Waals surface area (Å²) in [4.78, 5) is 13.6. The van der Waals surface area contributed by atoms with Crippen molar-refractivity contribution in [3.05, 3.63) is 22.6 Å². The molecule has 1 fully saturated rings. The Morgan fingerprint density at radius 3 is 2.69 bits per heavy atom. The molecule has 1 aromatic rings. The van der Waals surface area contributed by atoms with E-state index >= 15 is 0 Å². The topological polar surface area (TPSA) is 33.5 Å². The highest BCUT2D eigenvalue weighted by molar-refractivity contribution is 9.10. The number of carbonyl (C=O) groups excluding carboxylic acids is 1. The number of nitrogens with zero attached hydrogens (tertiary/aromatic N) is 1. The first-order valence-electron chi connectivity index (χ1n) is 4.31. The zero-order valence-electron chi connectivity index (χ0n) is 7.12. The van der Waals surface area contributed by atoms with Crippen molar-refractivity contribution in [1.82, 2.24) is 4.90 Å². The van der Waals surface area contributed by atoms with Crippen molar-refractivity contribution in [3.8, 4) is 0 Å². The van der Waals surface area contributed by atoms with Crippen LogP contribution in [0.4, 0.5) is 0 Å². The van der Waals surface area contributed by atoms with Crippen molar-refractivity contribution >= 4 is 21.8 Å². The number of furan rings is 1. The number of hydrogen-bond acceptors (Lipinski definition) is 2. The van der Waals surface area contributed by atoms with Gasteiger partial charge in [-0.1, -0.05) is 0 Å². The molecule has 0 saturated carbocycles. The van der Waals surface area contributed by atoms with E-state index in [1.165, 1.54) is 6.26 Å². The van der Waals surface area contributed by atoms with Gasteiger partial charge in [-0.15, -0.1) is 0 Å². The van der Waals surface area contributed by atoms with Crippen LogP contribution < -0.4 is 0 Å². The number of halogens is 1. The van der Waals surface area contributed by atoms with Gasteiger partial charge in [-0.3, -0.25) is 4.79 Å². The van der Waals surface area contributed by atoms with E-state index < -0.39 is 0 Å². The van der Waals surface area contributed by atoms with Crippen LogP contribution in [0, 0.1) is 0 Å². The predicted octanol–water partition coefficient (Wildman–Crippen LogP) is 2.28. The van der Waals surface area contributed by atoms with Gasteiger partial charge in [0.1, 0.15) is 6.26 Å². The van der Waals surface area contributed by atoms with Crippen molar-refractivity contribution in [3.63, 3.8) is 0 Å². The molecule has 1 saturated heterocycles. The van der Waals surface area contributed by atoms with Crippen LogP contribution in [0.1, 0.15) is 23.2 Å². The molecule has 2 heterocycles. The van der Waals surface area contributed by atoms with Gasteiger partial charge >= 0.3 is 0 Å². The number of hydrogen-bond donors (Lipinski definition) is 0. The standard InChI is InChI=1S/C9H10BrNO2/c10-8-5-7(6-13-8)9(12)11-3-1-2-4-11/h5-6H,1-4H2. The van der Waals surface area contributed by atoms with Crippen molar-refractivity contribution < 1.29 is 9.21 Å². The monoisotopic (exact) mass is 243 g/mol. The van der Waals surface area contributed by atoms with Crippen LogP contribution in [0.5, 0.6) is 0 Å². The highest BCUT2D eigenvalue weighted by Crippen LogP contribution is 2.18. The van der Waals surface area contributed by atoms with Crippen LogP contribution >= 0.6 is 15.9 Å². The summed E-state index contributed by atoms with van der Waals surface area (Å²) in [7, 11) is 0. The summed E-state index contributed by atoms with van der Waals surface area (Å²) in [6, 6.07) is 1.71. The molecule has 4 heteroatoms. The minimum Gasteiger partial charge on any atom is -0.457 e. The van der Waals surface area contributed by atoms with Gasteiger partial charge in [-0.2, -0.15) is 0 Å². The van der Waals surface area contributed by atoms with E-state index in [2.05, 4.69) is 15.9 Å². The Balaban J connectivity index is 2.12. The third kappa shape index (κ3) is 1.77. The molecule has 0 N–H and O–H groups in total. The highest BCUT2D eigenvalue weighted by Gasteiger charge is 2.20. The van der Waals surface area contributed by atoms with Crippen molar-refractivity contribution in [2.24, 2.45) is 0 Å². The zero-order valence-corrected chi connectivity index (χ0v) is 8.71. The molecular formula is C9H10BrNO2. The van der Waals surface area contributed by atoms with Crippen LogP contribution in [-0.2, 0) is 0 Å². The summed E-state index contributed by atoms with van der Waals surface area (Å²) in [6.07, 6.45) is 3.72. The molecule has 2 rings (SSSR count). The number of likely N-dealkylation sites (tertiary alicyclic amines) is 1. The molecule has 13 heavy (non-hydrogen) atoms. The van der Waals surface area contributed by atoms with Gasteiger partial charge in [0.2, 0.25) is 0 Å². The fourth-order valence-electron chi connectivity index (χ4n) is 1.53. The van der Waals surface area contributed by atoms with E-state index in [4.69, 9.17) is 4.42 Å². The van der Waals surface area contributed by atoms with Gasteiger partial charge in [-0.25, -0.2) is 0 Å². The Hall–Kier alpha value is -0.770. The van der Waals surface area contributed by atoms with E-state index in [9.17, 15) is 4.79 Å². The lowest BCUT2D eigenvalue weighted by molar-refractivity contribution is 0.0792. The Labute approximate surface area is 84.8 Å². The lowest BCUT2D eigenvalue weighted by atomic mass is 10.3. The quantitative estimate of drug-likeness (QED) is 0.759. The van der Waals surface area contributed by atoms with Crippen molar-refractivity contribution in [2.75, 3.05) is 13.1 Å². The van der Waals surface area contributed by atoms with Gasteiger partial charge in [-0.05, 0) is 28.8 Å². The molecule has 0 bridgehead atoms. The maximum atomic E-state index is 11.7. The second-order valence-corrected chi connectivity index (χ2v) is 3.92. The van der Waals surface area contributed by atoms with Crippen molar-refractivity contribution in [2.45, 2.75) is 12.8 Å². The summed E-state index contributed by atoms with van der Waals surface area (Å²) in [5.41, 5.74) is 0.633. The Bertz CT molecular complexity index is 315. The summed E-state index contributed by atoms with van der Waals surface area (Å²) in [6.45, 7) is 1.75. The fraction of sp³-hybridized carbons (Fsp3) is 0.444. The molecule has 3 nitrogen and oxygen atoms in total. The van der Waals surface area contributed by atoms with Crippen LogP contribution in [0.15, 0.2) is 21.4 Å². The Kier molecular flexibility index (Phi) is 2.40. The van der Waals surface area contributed by atoms with Crippen molar-refractivity contribution in [1.29, 1.82) is 0 Å². The van der Waals surface area contributed by atoms with E-state index in [0.29, 0.717) is 10.2 Å². The van der Waals surface area contributed by atoms with E-state index in [0.717, 1.165) is 25.9 Å². The molecule has 0 aliphatic carbocycles. The molecule has 0 atom stereocenters. The van der Waals surface area contributed by atoms with Crippen LogP contribution in [0.3, 0.4) is 0 Å². The maximum Gasteiger partial charge on any atom is 0.257 e. The normalized spacial score (nSPS) is 16.5. The molecule has 1 aliphatic rings. The zero-order chi connectivity index (χ0) is 9.26. The fourth-order valence-corrected chi connectivity index (χ4v) is 1.87. The molecule has 0 radical (unpaired) electrons. The Morgan fingerprint density at radius 1 is 1.46 bits per heavy atom. The second-order valence-electron chi connectivity index (χ2n) is 3.14. The van der Waals surface area contributed by atoms with Gasteiger partial charge in [0.25, 0.3) is 5.91 Å². The van der Waals surface area contributed by atoms with Gasteiger partial charge in [0.15, 0.2) is 4.67 Å². The highest BCUT2D eigenvalue weighted by atomic mass is 79.9. The minimum absolute atomic E-state index is 0.0759. The summed E-state index contributed by atoms with van der Waals surface area (Å²) in [5.74, 6) is 0.0759. The van der Waals surface area contributed by atoms with E-state index in [1.807, 2.05) is 4.90 Å². The number of amides is 1. The molecular weight excluding hydrogens is 234 g/mol. The van der Waals surface area contributed by atoms with Gasteiger partial charge < -0.3 is 9.32 Å². The lowest BCUT2D eigenvalue weighted by Crippen LogP contribution is -2.27. The van der Waals surface area contributed by atoms with E-state index in [1.54, 1.807) is 6.07 Å². The smallest absolute Gasteiger partial charge is 0.257 e. The average molecular weight is 244 g/mol. The van der Waals surface area contributed by atoms with Gasteiger partial charge in [0.05, 0.1) is 5.56 Å². The summed E-state index contributed by atoms with van der Waals surface area (Å²) >= 11 is 3.17. The first-order valence-corrected chi connectivity index (χ1v) is 5.10. The number of carbonyl (C=O) groups is 1. The first kappa shape index (κ1) is 8.81. The van der Waals surface area contributed by atoms with Gasteiger partial charge in [0, 0.05) is 19.2 Å². The molecule has 0 spiro atoms. The van der Waals surface area contributed by atoms with Crippen LogP contribution in [-0.4, -0.2) is 23.9 Å². The summed E-state index contributed by atoms with van der Waals surface area (Å²) < 4.78 is 5.62. The summed E-state index contributed by atoms with van der Waals surface area (Å²) in [5, 5.41) is 0. The van der Waals surface area contributed by atoms with Crippen LogP contribution in [0.2, 0.25) is 0 Å². The second kappa shape index (κ2) is 3.54. The largest absolute Gasteiger partial charge is 0.457 e. The van der Waals surface area contributed by atoms with E-state index in [-0.39, 0.29) is 5.91 Å². The molecule has 70 valence electrons. The molecule has 1 amide bonds. The minimum atomic E-state index is 0.0759.